The van der Waals surface area contributed by atoms with Crippen molar-refractivity contribution >= 4 is 5.91 Å². The van der Waals surface area contributed by atoms with Crippen molar-refractivity contribution in [1.29, 1.82) is 0 Å². The van der Waals surface area contributed by atoms with E-state index in [2.05, 4.69) is 36.7 Å². The van der Waals surface area contributed by atoms with E-state index in [0.717, 1.165) is 32.5 Å². The first-order valence-corrected chi connectivity index (χ1v) is 7.09. The maximum atomic E-state index is 12.0. The van der Waals surface area contributed by atoms with Gasteiger partial charge < -0.3 is 5.32 Å². The zero-order valence-corrected chi connectivity index (χ0v) is 11.7. The Kier molecular flexibility index (Phi) is 4.20. The lowest BCUT2D eigenvalue weighted by Crippen LogP contribution is -2.47. The lowest BCUT2D eigenvalue weighted by Gasteiger charge is -2.32. The molecule has 3 rings (SSSR count). The molecular weight excluding hydrogens is 268 g/mol. The Bertz CT molecular complexity index is 570. The third kappa shape index (κ3) is 3.63. The minimum Gasteiger partial charge on any atom is -0.347 e. The topological polar surface area (TPSA) is 86.8 Å². The van der Waals surface area contributed by atoms with Crippen molar-refractivity contribution in [3.8, 4) is 0 Å². The molecule has 1 atom stereocenters. The quantitative estimate of drug-likeness (QED) is 0.859. The summed E-state index contributed by atoms with van der Waals surface area (Å²) in [7, 11) is 0. The Hall–Kier alpha value is -2.28. The molecule has 2 aromatic heterocycles. The second-order valence-electron chi connectivity index (χ2n) is 5.26. The highest BCUT2D eigenvalue weighted by atomic mass is 16.2. The highest BCUT2D eigenvalue weighted by molar-refractivity contribution is 5.92. The molecular formula is C14H18N6O. The summed E-state index contributed by atoms with van der Waals surface area (Å²) in [5.41, 5.74) is 1.53. The largest absolute Gasteiger partial charge is 0.347 e. The molecule has 0 saturated carbocycles. The lowest BCUT2D eigenvalue weighted by molar-refractivity contribution is 0.0895. The highest BCUT2D eigenvalue weighted by Gasteiger charge is 2.22. The number of carbonyl (C=O) groups excluding carboxylic acids is 1. The van der Waals surface area contributed by atoms with Crippen molar-refractivity contribution in [2.75, 3.05) is 13.1 Å². The number of hydrogen-bond acceptors (Lipinski definition) is 5. The zero-order valence-electron chi connectivity index (χ0n) is 11.7. The Labute approximate surface area is 122 Å². The molecule has 0 aromatic carbocycles. The van der Waals surface area contributed by atoms with E-state index in [1.807, 2.05) is 12.3 Å². The molecule has 1 amide bonds. The standard InChI is InChI=1S/C14H18N6O/c21-14(13-8-16-19-18-13)17-12-4-2-6-20(10-12)9-11-3-1-5-15-7-11/h1,3,5,7-8,12H,2,4,6,9-10H2,(H,17,21)(H,16,18,19)/t12-/m0/s1. The second kappa shape index (κ2) is 6.45. The van der Waals surface area contributed by atoms with Crippen LogP contribution in [0.5, 0.6) is 0 Å². The molecule has 0 unspecified atom stereocenters. The van der Waals surface area contributed by atoms with Gasteiger partial charge in [0.25, 0.3) is 5.91 Å². The van der Waals surface area contributed by atoms with Crippen LogP contribution in [0.3, 0.4) is 0 Å². The zero-order chi connectivity index (χ0) is 14.5. The van der Waals surface area contributed by atoms with Crippen LogP contribution in [0.4, 0.5) is 0 Å². The smallest absolute Gasteiger partial charge is 0.273 e. The van der Waals surface area contributed by atoms with Crippen LogP contribution in [0.1, 0.15) is 28.9 Å². The molecule has 2 N–H and O–H groups in total. The van der Waals surface area contributed by atoms with E-state index >= 15 is 0 Å². The average molecular weight is 286 g/mol. The van der Waals surface area contributed by atoms with Gasteiger partial charge in [-0.05, 0) is 31.0 Å². The van der Waals surface area contributed by atoms with Crippen LogP contribution in [0, 0.1) is 0 Å². The number of likely N-dealkylation sites (tertiary alicyclic amines) is 1. The first-order valence-electron chi connectivity index (χ1n) is 7.09. The van der Waals surface area contributed by atoms with Gasteiger partial charge in [0.1, 0.15) is 0 Å². The van der Waals surface area contributed by atoms with E-state index in [1.54, 1.807) is 6.20 Å². The number of amides is 1. The minimum atomic E-state index is -0.169. The second-order valence-corrected chi connectivity index (χ2v) is 5.26. The van der Waals surface area contributed by atoms with Gasteiger partial charge in [-0.25, -0.2) is 0 Å². The molecule has 7 nitrogen and oxygen atoms in total. The Morgan fingerprint density at radius 2 is 2.43 bits per heavy atom. The van der Waals surface area contributed by atoms with Crippen LogP contribution in [0.2, 0.25) is 0 Å². The summed E-state index contributed by atoms with van der Waals surface area (Å²) in [6.07, 6.45) is 7.17. The number of aromatic nitrogens is 4. The summed E-state index contributed by atoms with van der Waals surface area (Å²) in [5.74, 6) is -0.169. The molecule has 7 heteroatoms. The number of rotatable bonds is 4. The fraction of sp³-hybridized carbons (Fsp3) is 0.429. The summed E-state index contributed by atoms with van der Waals surface area (Å²) in [5, 5.41) is 12.9. The molecule has 1 aliphatic rings. The van der Waals surface area contributed by atoms with Gasteiger partial charge in [0, 0.05) is 31.5 Å². The van der Waals surface area contributed by atoms with Crippen LogP contribution in [0.15, 0.2) is 30.7 Å². The highest BCUT2D eigenvalue weighted by Crippen LogP contribution is 2.13. The van der Waals surface area contributed by atoms with Gasteiger partial charge >= 0.3 is 0 Å². The van der Waals surface area contributed by atoms with Crippen LogP contribution in [-0.2, 0) is 6.54 Å². The number of pyridine rings is 1. The Morgan fingerprint density at radius 3 is 3.19 bits per heavy atom. The predicted octanol–water partition coefficient (Wildman–Crippen LogP) is 0.594. The first kappa shape index (κ1) is 13.7. The van der Waals surface area contributed by atoms with Crippen LogP contribution < -0.4 is 5.32 Å². The third-order valence-corrected chi connectivity index (χ3v) is 3.62. The normalized spacial score (nSPS) is 19.3. The summed E-state index contributed by atoms with van der Waals surface area (Å²) < 4.78 is 0. The van der Waals surface area contributed by atoms with Gasteiger partial charge in [-0.15, -0.1) is 0 Å². The minimum absolute atomic E-state index is 0.152. The fourth-order valence-corrected chi connectivity index (χ4v) is 2.64. The van der Waals surface area contributed by atoms with Gasteiger partial charge in [-0.2, -0.15) is 15.4 Å². The van der Waals surface area contributed by atoms with Crippen molar-refractivity contribution in [3.63, 3.8) is 0 Å². The molecule has 1 fully saturated rings. The monoisotopic (exact) mass is 286 g/mol. The number of nitrogens with one attached hydrogen (secondary N) is 2. The van der Waals surface area contributed by atoms with Crippen LogP contribution in [-0.4, -0.2) is 50.3 Å². The Balaban J connectivity index is 1.55. The molecule has 0 spiro atoms. The molecule has 2 aromatic rings. The number of aromatic amines is 1. The molecule has 0 aliphatic carbocycles. The van der Waals surface area contributed by atoms with Crippen molar-refractivity contribution in [1.82, 2.24) is 30.6 Å². The lowest BCUT2D eigenvalue weighted by atomic mass is 10.0. The number of piperidine rings is 1. The summed E-state index contributed by atoms with van der Waals surface area (Å²) in [4.78, 5) is 18.5. The van der Waals surface area contributed by atoms with E-state index in [0.29, 0.717) is 5.69 Å². The van der Waals surface area contributed by atoms with E-state index in [4.69, 9.17) is 0 Å². The average Bonchev–Trinajstić information content (AvgIpc) is 3.03. The molecule has 0 bridgehead atoms. The fourth-order valence-electron chi connectivity index (χ4n) is 2.64. The van der Waals surface area contributed by atoms with E-state index in [-0.39, 0.29) is 11.9 Å². The van der Waals surface area contributed by atoms with Crippen molar-refractivity contribution < 1.29 is 4.79 Å². The van der Waals surface area contributed by atoms with Gasteiger partial charge in [-0.3, -0.25) is 14.7 Å². The molecule has 3 heterocycles. The molecule has 21 heavy (non-hydrogen) atoms. The van der Waals surface area contributed by atoms with Crippen LogP contribution in [0.25, 0.3) is 0 Å². The van der Waals surface area contributed by atoms with Crippen LogP contribution >= 0.6 is 0 Å². The van der Waals surface area contributed by atoms with Crippen molar-refractivity contribution in [2.45, 2.75) is 25.4 Å². The van der Waals surface area contributed by atoms with Crippen molar-refractivity contribution in [3.05, 3.63) is 42.0 Å². The van der Waals surface area contributed by atoms with Gasteiger partial charge in [0.2, 0.25) is 0 Å². The summed E-state index contributed by atoms with van der Waals surface area (Å²) >= 11 is 0. The molecule has 1 aliphatic heterocycles. The molecule has 110 valence electrons. The predicted molar refractivity (Wildman–Crippen MR) is 76.4 cm³/mol. The van der Waals surface area contributed by atoms with Gasteiger partial charge in [0.15, 0.2) is 5.69 Å². The summed E-state index contributed by atoms with van der Waals surface area (Å²) in [6.45, 7) is 2.76. The van der Waals surface area contributed by atoms with E-state index < -0.39 is 0 Å². The first-order chi connectivity index (χ1) is 10.3. The number of carbonyl (C=O) groups is 1. The van der Waals surface area contributed by atoms with Gasteiger partial charge in [0.05, 0.1) is 6.20 Å². The number of H-pyrrole nitrogens is 1. The van der Waals surface area contributed by atoms with Crippen molar-refractivity contribution in [2.24, 2.45) is 0 Å². The number of hydrogen-bond donors (Lipinski definition) is 2. The molecule has 0 radical (unpaired) electrons. The summed E-state index contributed by atoms with van der Waals surface area (Å²) in [6, 6.07) is 4.17. The van der Waals surface area contributed by atoms with Gasteiger partial charge in [-0.1, -0.05) is 6.07 Å². The number of nitrogens with zero attached hydrogens (tertiary/aromatic N) is 4. The molecule has 1 saturated heterocycles. The third-order valence-electron chi connectivity index (χ3n) is 3.62. The SMILES string of the molecule is O=C(N[C@H]1CCCN(Cc2cccnc2)C1)c1cn[nH]n1. The van der Waals surface area contributed by atoms with E-state index in [1.165, 1.54) is 11.8 Å². The Morgan fingerprint density at radius 1 is 1.48 bits per heavy atom. The maximum Gasteiger partial charge on any atom is 0.273 e. The van der Waals surface area contributed by atoms with E-state index in [9.17, 15) is 4.79 Å². The maximum absolute atomic E-state index is 12.0.